The number of benzene rings is 4. The molecule has 5 aromatic rings. The number of rotatable bonds is 5. The first-order valence-corrected chi connectivity index (χ1v) is 11.5. The zero-order valence-corrected chi connectivity index (χ0v) is 19.3. The molecule has 4 aromatic carbocycles. The van der Waals surface area contributed by atoms with Crippen LogP contribution in [-0.4, -0.2) is 10.9 Å². The summed E-state index contributed by atoms with van der Waals surface area (Å²) < 4.78 is 0. The third-order valence-corrected chi connectivity index (χ3v) is 6.30. The molecule has 0 saturated heterocycles. The molecule has 0 saturated carbocycles. The predicted octanol–water partition coefficient (Wildman–Crippen LogP) is 7.04. The molecule has 0 radical (unpaired) electrons. The van der Waals surface area contributed by atoms with Crippen LogP contribution in [0, 0.1) is 13.8 Å². The Morgan fingerprint density at radius 3 is 1.97 bits per heavy atom. The molecule has 0 spiro atoms. The van der Waals surface area contributed by atoms with Gasteiger partial charge in [0.1, 0.15) is 0 Å². The Labute approximate surface area is 200 Å². The highest BCUT2D eigenvalue weighted by Gasteiger charge is 2.20. The maximum absolute atomic E-state index is 13.8. The first-order chi connectivity index (χ1) is 16.6. The molecular weight excluding hydrogens is 416 g/mol. The van der Waals surface area contributed by atoms with Gasteiger partial charge in [-0.05, 0) is 54.3 Å². The van der Waals surface area contributed by atoms with Crippen molar-refractivity contribution in [1.29, 1.82) is 0 Å². The van der Waals surface area contributed by atoms with Crippen molar-refractivity contribution in [3.05, 3.63) is 137 Å². The molecule has 1 N–H and O–H groups in total. The molecule has 0 aliphatic rings. The highest BCUT2D eigenvalue weighted by molar-refractivity contribution is 6.07. The van der Waals surface area contributed by atoms with E-state index in [0.29, 0.717) is 5.56 Å². The lowest BCUT2D eigenvalue weighted by atomic mass is 9.97. The molecule has 0 aliphatic carbocycles. The Morgan fingerprint density at radius 2 is 1.32 bits per heavy atom. The minimum Gasteiger partial charge on any atom is -0.341 e. The molecule has 1 amide bonds. The Hall–Kier alpha value is -4.24. The van der Waals surface area contributed by atoms with E-state index in [-0.39, 0.29) is 11.9 Å². The number of amides is 1. The summed E-state index contributed by atoms with van der Waals surface area (Å²) in [6, 6.07) is 35.9. The predicted molar refractivity (Wildman–Crippen MR) is 139 cm³/mol. The number of aryl methyl sites for hydroxylation is 2. The van der Waals surface area contributed by atoms with E-state index >= 15 is 0 Å². The molecule has 5 rings (SSSR count). The molecule has 1 heterocycles. The zero-order valence-electron chi connectivity index (χ0n) is 19.3. The van der Waals surface area contributed by atoms with Crippen LogP contribution >= 0.6 is 0 Å². The van der Waals surface area contributed by atoms with Gasteiger partial charge in [0, 0.05) is 10.9 Å². The quantitative estimate of drug-likeness (QED) is 0.317. The van der Waals surface area contributed by atoms with Crippen molar-refractivity contribution < 1.29 is 4.79 Å². The van der Waals surface area contributed by atoms with Crippen molar-refractivity contribution in [2.24, 2.45) is 0 Å². The van der Waals surface area contributed by atoms with Crippen LogP contribution in [-0.2, 0) is 0 Å². The van der Waals surface area contributed by atoms with Gasteiger partial charge in [0.15, 0.2) is 0 Å². The standard InChI is InChI=1S/C31H26N2O/c1-21-17-18-25(19-22(21)2)29-20-27(26-15-9-10-16-28(26)32-29)31(34)33-30(23-11-5-3-6-12-23)24-13-7-4-8-14-24/h3-20,30H,1-2H3,(H,33,34). The number of aromatic nitrogens is 1. The Kier molecular flexibility index (Phi) is 5.92. The van der Waals surface area contributed by atoms with Crippen LogP contribution in [0.25, 0.3) is 22.2 Å². The monoisotopic (exact) mass is 442 g/mol. The molecule has 0 atom stereocenters. The smallest absolute Gasteiger partial charge is 0.252 e. The molecule has 0 unspecified atom stereocenters. The van der Waals surface area contributed by atoms with Gasteiger partial charge in [0.05, 0.1) is 22.8 Å². The van der Waals surface area contributed by atoms with Crippen LogP contribution in [0.3, 0.4) is 0 Å². The lowest BCUT2D eigenvalue weighted by Crippen LogP contribution is -2.29. The van der Waals surface area contributed by atoms with E-state index in [1.165, 1.54) is 11.1 Å². The maximum Gasteiger partial charge on any atom is 0.252 e. The van der Waals surface area contributed by atoms with E-state index in [1.54, 1.807) is 0 Å². The van der Waals surface area contributed by atoms with E-state index in [1.807, 2.05) is 91.0 Å². The minimum absolute atomic E-state index is 0.124. The molecule has 0 aliphatic heterocycles. The lowest BCUT2D eigenvalue weighted by molar-refractivity contribution is 0.0944. The van der Waals surface area contributed by atoms with Crippen molar-refractivity contribution in [3.63, 3.8) is 0 Å². The lowest BCUT2D eigenvalue weighted by Gasteiger charge is -2.21. The second kappa shape index (κ2) is 9.32. The second-order valence-corrected chi connectivity index (χ2v) is 8.60. The normalized spacial score (nSPS) is 11.0. The number of nitrogens with one attached hydrogen (secondary N) is 1. The van der Waals surface area contributed by atoms with Gasteiger partial charge in [-0.1, -0.05) is 91.0 Å². The van der Waals surface area contributed by atoms with Gasteiger partial charge in [-0.15, -0.1) is 0 Å². The summed E-state index contributed by atoms with van der Waals surface area (Å²) in [6.45, 7) is 4.19. The average molecular weight is 443 g/mol. The van der Waals surface area contributed by atoms with Gasteiger partial charge >= 0.3 is 0 Å². The fourth-order valence-electron chi connectivity index (χ4n) is 4.27. The number of para-hydroxylation sites is 1. The van der Waals surface area contributed by atoms with Crippen LogP contribution < -0.4 is 5.32 Å². The highest BCUT2D eigenvalue weighted by Crippen LogP contribution is 2.28. The largest absolute Gasteiger partial charge is 0.341 e. The molecule has 0 bridgehead atoms. The van der Waals surface area contributed by atoms with Crippen molar-refractivity contribution in [1.82, 2.24) is 10.3 Å². The van der Waals surface area contributed by atoms with Crippen LogP contribution in [0.1, 0.15) is 38.7 Å². The van der Waals surface area contributed by atoms with Crippen LogP contribution in [0.5, 0.6) is 0 Å². The first kappa shape index (κ1) is 21.6. The van der Waals surface area contributed by atoms with Crippen LogP contribution in [0.2, 0.25) is 0 Å². The third-order valence-electron chi connectivity index (χ3n) is 6.30. The number of hydrogen-bond acceptors (Lipinski definition) is 2. The van der Waals surface area contributed by atoms with Gasteiger partial charge in [-0.2, -0.15) is 0 Å². The topological polar surface area (TPSA) is 42.0 Å². The van der Waals surface area contributed by atoms with Crippen molar-refractivity contribution >= 4 is 16.8 Å². The SMILES string of the molecule is Cc1ccc(-c2cc(C(=O)NC(c3ccccc3)c3ccccc3)c3ccccc3n2)cc1C. The summed E-state index contributed by atoms with van der Waals surface area (Å²) in [5.41, 5.74) is 7.73. The number of pyridine rings is 1. The van der Waals surface area contributed by atoms with E-state index in [4.69, 9.17) is 4.98 Å². The number of nitrogens with zero attached hydrogens (tertiary/aromatic N) is 1. The summed E-state index contributed by atoms with van der Waals surface area (Å²) in [6.07, 6.45) is 0. The molecule has 166 valence electrons. The van der Waals surface area contributed by atoms with Crippen molar-refractivity contribution in [2.45, 2.75) is 19.9 Å². The highest BCUT2D eigenvalue weighted by atomic mass is 16.1. The number of hydrogen-bond donors (Lipinski definition) is 1. The Bertz CT molecular complexity index is 1420. The maximum atomic E-state index is 13.8. The third kappa shape index (κ3) is 4.33. The molecule has 1 aromatic heterocycles. The number of carbonyl (C=O) groups excluding carboxylic acids is 1. The summed E-state index contributed by atoms with van der Waals surface area (Å²) in [5, 5.41) is 4.13. The van der Waals surface area contributed by atoms with Gasteiger partial charge < -0.3 is 5.32 Å². The summed E-state index contributed by atoms with van der Waals surface area (Å²) in [7, 11) is 0. The molecule has 34 heavy (non-hydrogen) atoms. The molecular formula is C31H26N2O. The zero-order chi connectivity index (χ0) is 23.5. The Balaban J connectivity index is 1.60. The fraction of sp³-hybridized carbons (Fsp3) is 0.0968. The second-order valence-electron chi connectivity index (χ2n) is 8.60. The molecule has 3 heteroatoms. The minimum atomic E-state index is -0.258. The van der Waals surface area contributed by atoms with E-state index in [9.17, 15) is 4.79 Å². The summed E-state index contributed by atoms with van der Waals surface area (Å²) >= 11 is 0. The summed E-state index contributed by atoms with van der Waals surface area (Å²) in [4.78, 5) is 18.7. The van der Waals surface area contributed by atoms with Crippen molar-refractivity contribution in [3.8, 4) is 11.3 Å². The fourth-order valence-corrected chi connectivity index (χ4v) is 4.27. The van der Waals surface area contributed by atoms with Crippen LogP contribution in [0.15, 0.2) is 109 Å². The number of carbonyl (C=O) groups is 1. The van der Waals surface area contributed by atoms with Crippen molar-refractivity contribution in [2.75, 3.05) is 0 Å². The van der Waals surface area contributed by atoms with E-state index in [2.05, 4.69) is 37.4 Å². The first-order valence-electron chi connectivity index (χ1n) is 11.5. The van der Waals surface area contributed by atoms with E-state index in [0.717, 1.165) is 33.3 Å². The van der Waals surface area contributed by atoms with E-state index < -0.39 is 0 Å². The van der Waals surface area contributed by atoms with Gasteiger partial charge in [-0.3, -0.25) is 4.79 Å². The van der Waals surface area contributed by atoms with Gasteiger partial charge in [-0.25, -0.2) is 4.98 Å². The van der Waals surface area contributed by atoms with Gasteiger partial charge in [0.2, 0.25) is 0 Å². The van der Waals surface area contributed by atoms with Crippen LogP contribution in [0.4, 0.5) is 0 Å². The Morgan fingerprint density at radius 1 is 0.706 bits per heavy atom. The summed E-state index contributed by atoms with van der Waals surface area (Å²) in [5.74, 6) is -0.124. The van der Waals surface area contributed by atoms with Gasteiger partial charge in [0.25, 0.3) is 5.91 Å². The average Bonchev–Trinajstić information content (AvgIpc) is 2.89. The molecule has 0 fully saturated rings. The number of fused-ring (bicyclic) bond motifs is 1. The molecule has 3 nitrogen and oxygen atoms in total.